The van der Waals surface area contributed by atoms with Gasteiger partial charge in [0.25, 0.3) is 0 Å². The highest BCUT2D eigenvalue weighted by atomic mass is 16.6. The first-order chi connectivity index (χ1) is 8.11. The molecule has 0 unspecified atom stereocenters. The van der Waals surface area contributed by atoms with Gasteiger partial charge in [-0.05, 0) is 6.92 Å². The van der Waals surface area contributed by atoms with Gasteiger partial charge in [0.15, 0.2) is 0 Å². The number of aliphatic hydroxyl groups is 1. The van der Waals surface area contributed by atoms with Gasteiger partial charge in [0.05, 0.1) is 12.2 Å². The van der Waals surface area contributed by atoms with Crippen molar-refractivity contribution in [3.05, 3.63) is 24.5 Å². The first-order valence-electron chi connectivity index (χ1n) is 5.12. The van der Waals surface area contributed by atoms with Crippen LogP contribution in [0.5, 0.6) is 0 Å². The zero-order chi connectivity index (χ0) is 13.1. The summed E-state index contributed by atoms with van der Waals surface area (Å²) in [6, 6.07) is 0. The predicted molar refractivity (Wildman–Crippen MR) is 61.1 cm³/mol. The molecular weight excluding hydrogens is 226 g/mol. The van der Waals surface area contributed by atoms with Crippen molar-refractivity contribution < 1.29 is 24.2 Å². The van der Waals surface area contributed by atoms with E-state index in [4.69, 9.17) is 9.84 Å². The van der Waals surface area contributed by atoms with E-state index in [1.54, 1.807) is 0 Å². The third-order valence-electron chi connectivity index (χ3n) is 1.59. The summed E-state index contributed by atoms with van der Waals surface area (Å²) in [5, 5.41) is 10.9. The second kappa shape index (κ2) is 9.41. The number of hydrogen-bond acceptors (Lipinski definition) is 5. The van der Waals surface area contributed by atoms with Gasteiger partial charge in [-0.3, -0.25) is 0 Å². The molecule has 0 bridgehead atoms. The van der Waals surface area contributed by atoms with Gasteiger partial charge in [-0.1, -0.05) is 6.08 Å². The van der Waals surface area contributed by atoms with E-state index in [0.717, 1.165) is 6.26 Å². The second-order valence-corrected chi connectivity index (χ2v) is 3.09. The number of aliphatic hydroxyl groups excluding tert-OH is 1. The van der Waals surface area contributed by atoms with E-state index in [2.05, 4.69) is 16.6 Å². The van der Waals surface area contributed by atoms with Gasteiger partial charge < -0.3 is 19.9 Å². The Balaban J connectivity index is 3.94. The summed E-state index contributed by atoms with van der Waals surface area (Å²) >= 11 is 0. The van der Waals surface area contributed by atoms with Crippen molar-refractivity contribution in [2.24, 2.45) is 0 Å². The summed E-state index contributed by atoms with van der Waals surface area (Å²) in [4.78, 5) is 22.2. The molecule has 0 spiro atoms. The SMILES string of the molecule is C=CCNC(=O)OC=C(C)C(=O)OCCCO. The summed E-state index contributed by atoms with van der Waals surface area (Å²) in [5.41, 5.74) is 0.164. The van der Waals surface area contributed by atoms with Crippen molar-refractivity contribution in [3.63, 3.8) is 0 Å². The van der Waals surface area contributed by atoms with E-state index < -0.39 is 12.1 Å². The molecule has 6 nitrogen and oxygen atoms in total. The fourth-order valence-electron chi connectivity index (χ4n) is 0.730. The van der Waals surface area contributed by atoms with Crippen molar-refractivity contribution in [2.75, 3.05) is 19.8 Å². The molecule has 17 heavy (non-hydrogen) atoms. The summed E-state index contributed by atoms with van der Waals surface area (Å²) in [6.45, 7) is 5.25. The van der Waals surface area contributed by atoms with E-state index in [9.17, 15) is 9.59 Å². The molecule has 0 aromatic carbocycles. The Labute approximate surface area is 99.9 Å². The molecule has 0 aliphatic rings. The number of rotatable bonds is 7. The van der Waals surface area contributed by atoms with E-state index in [-0.39, 0.29) is 25.3 Å². The van der Waals surface area contributed by atoms with Gasteiger partial charge in [-0.25, -0.2) is 9.59 Å². The van der Waals surface area contributed by atoms with Crippen molar-refractivity contribution in [1.82, 2.24) is 5.32 Å². The molecule has 0 aliphatic heterocycles. The van der Waals surface area contributed by atoms with Crippen LogP contribution in [0.2, 0.25) is 0 Å². The van der Waals surface area contributed by atoms with E-state index in [0.29, 0.717) is 6.42 Å². The predicted octanol–water partition coefficient (Wildman–Crippen LogP) is 0.728. The molecule has 0 fully saturated rings. The maximum Gasteiger partial charge on any atom is 0.412 e. The Bertz CT molecular complexity index is 298. The third kappa shape index (κ3) is 8.04. The van der Waals surface area contributed by atoms with Crippen molar-refractivity contribution in [1.29, 1.82) is 0 Å². The minimum Gasteiger partial charge on any atom is -0.462 e. The van der Waals surface area contributed by atoms with Gasteiger partial charge in [0.1, 0.15) is 6.26 Å². The molecular formula is C11H17NO5. The largest absolute Gasteiger partial charge is 0.462 e. The maximum absolute atomic E-state index is 11.2. The minimum absolute atomic E-state index is 0.0451. The quantitative estimate of drug-likeness (QED) is 0.226. The molecule has 0 saturated heterocycles. The molecule has 0 radical (unpaired) electrons. The molecule has 0 heterocycles. The van der Waals surface area contributed by atoms with Gasteiger partial charge in [-0.2, -0.15) is 0 Å². The topological polar surface area (TPSA) is 84.9 Å². The smallest absolute Gasteiger partial charge is 0.412 e. The lowest BCUT2D eigenvalue weighted by Crippen LogP contribution is -2.22. The molecule has 0 rings (SSSR count). The number of amides is 1. The molecule has 1 amide bonds. The molecule has 0 aromatic heterocycles. The summed E-state index contributed by atoms with van der Waals surface area (Å²) < 4.78 is 9.39. The average Bonchev–Trinajstić information content (AvgIpc) is 2.33. The lowest BCUT2D eigenvalue weighted by molar-refractivity contribution is -0.139. The fourth-order valence-corrected chi connectivity index (χ4v) is 0.730. The van der Waals surface area contributed by atoms with Gasteiger partial charge in [0, 0.05) is 19.6 Å². The van der Waals surface area contributed by atoms with Crippen molar-refractivity contribution >= 4 is 12.1 Å². The number of ether oxygens (including phenoxy) is 2. The van der Waals surface area contributed by atoms with Crippen LogP contribution in [-0.4, -0.2) is 36.9 Å². The van der Waals surface area contributed by atoms with Crippen LogP contribution in [0.3, 0.4) is 0 Å². The average molecular weight is 243 g/mol. The molecule has 0 aliphatic carbocycles. The first kappa shape index (κ1) is 15.2. The maximum atomic E-state index is 11.2. The van der Waals surface area contributed by atoms with Gasteiger partial charge in [0.2, 0.25) is 0 Å². The zero-order valence-electron chi connectivity index (χ0n) is 9.77. The third-order valence-corrected chi connectivity index (χ3v) is 1.59. The van der Waals surface area contributed by atoms with E-state index >= 15 is 0 Å². The summed E-state index contributed by atoms with van der Waals surface area (Å²) in [6.07, 6.45) is 2.22. The summed E-state index contributed by atoms with van der Waals surface area (Å²) in [7, 11) is 0. The van der Waals surface area contributed by atoms with Crippen LogP contribution in [0.1, 0.15) is 13.3 Å². The monoisotopic (exact) mass is 243 g/mol. The number of nitrogens with one attached hydrogen (secondary N) is 1. The van der Waals surface area contributed by atoms with Crippen LogP contribution in [-0.2, 0) is 14.3 Å². The van der Waals surface area contributed by atoms with Crippen LogP contribution in [0.4, 0.5) is 4.79 Å². The highest BCUT2D eigenvalue weighted by Gasteiger charge is 2.07. The molecule has 0 saturated carbocycles. The second-order valence-electron chi connectivity index (χ2n) is 3.09. The van der Waals surface area contributed by atoms with Crippen LogP contribution >= 0.6 is 0 Å². The minimum atomic E-state index is -0.674. The number of esters is 1. The molecule has 0 aromatic rings. The van der Waals surface area contributed by atoms with Crippen LogP contribution < -0.4 is 5.32 Å². The number of hydrogen-bond donors (Lipinski definition) is 2. The molecule has 2 N–H and O–H groups in total. The molecule has 6 heteroatoms. The molecule has 0 atom stereocenters. The highest BCUT2D eigenvalue weighted by Crippen LogP contribution is 1.98. The van der Waals surface area contributed by atoms with Crippen LogP contribution in [0.25, 0.3) is 0 Å². The van der Waals surface area contributed by atoms with Crippen LogP contribution in [0, 0.1) is 0 Å². The van der Waals surface area contributed by atoms with Gasteiger partial charge >= 0.3 is 12.1 Å². The summed E-state index contributed by atoms with van der Waals surface area (Å²) in [5.74, 6) is -0.588. The van der Waals surface area contributed by atoms with Crippen molar-refractivity contribution in [2.45, 2.75) is 13.3 Å². The van der Waals surface area contributed by atoms with E-state index in [1.807, 2.05) is 0 Å². The number of carbonyl (C=O) groups excluding carboxylic acids is 2. The Morgan fingerprint density at radius 2 is 2.18 bits per heavy atom. The lowest BCUT2D eigenvalue weighted by atomic mass is 10.3. The number of carbonyl (C=O) groups is 2. The van der Waals surface area contributed by atoms with Gasteiger partial charge in [-0.15, -0.1) is 6.58 Å². The van der Waals surface area contributed by atoms with Crippen LogP contribution in [0.15, 0.2) is 24.5 Å². The Morgan fingerprint density at radius 1 is 1.47 bits per heavy atom. The highest BCUT2D eigenvalue weighted by molar-refractivity contribution is 5.87. The Kier molecular flexibility index (Phi) is 8.40. The zero-order valence-corrected chi connectivity index (χ0v) is 9.77. The first-order valence-corrected chi connectivity index (χ1v) is 5.12. The van der Waals surface area contributed by atoms with E-state index in [1.165, 1.54) is 13.0 Å². The Morgan fingerprint density at radius 3 is 2.76 bits per heavy atom. The standard InChI is InChI=1S/C11H17NO5/c1-3-5-12-11(15)17-8-9(2)10(14)16-7-4-6-13/h3,8,13H,1,4-7H2,2H3,(H,12,15). The normalized spacial score (nSPS) is 10.6. The Hall–Kier alpha value is -1.82. The number of alkyl carbamates (subject to hydrolysis) is 1. The molecule has 96 valence electrons. The van der Waals surface area contributed by atoms with Crippen molar-refractivity contribution in [3.8, 4) is 0 Å². The fraction of sp³-hybridized carbons (Fsp3) is 0.455. The lowest BCUT2D eigenvalue weighted by Gasteiger charge is -2.04.